The first-order valence-corrected chi connectivity index (χ1v) is 9.31. The fourth-order valence-electron chi connectivity index (χ4n) is 2.60. The van der Waals surface area contributed by atoms with Gasteiger partial charge in [-0.2, -0.15) is 5.10 Å². The molecule has 1 atom stereocenters. The molecule has 3 rings (SSSR count). The number of hydrogen-bond donors (Lipinski definition) is 0. The minimum atomic E-state index is -0.898. The highest BCUT2D eigenvalue weighted by atomic mass is 32.8. The van der Waals surface area contributed by atoms with Crippen LogP contribution in [-0.2, 0) is 27.7 Å². The van der Waals surface area contributed by atoms with Gasteiger partial charge in [0.05, 0.1) is 12.0 Å². The van der Waals surface area contributed by atoms with Crippen LogP contribution in [0.25, 0.3) is 22.0 Å². The number of halogens is 2. The van der Waals surface area contributed by atoms with E-state index in [2.05, 4.69) is 5.10 Å². The summed E-state index contributed by atoms with van der Waals surface area (Å²) in [5, 5.41) is 5.12. The van der Waals surface area contributed by atoms with Crippen molar-refractivity contribution in [1.29, 1.82) is 0 Å². The Morgan fingerprint density at radius 2 is 1.87 bits per heavy atom. The Kier molecular flexibility index (Phi) is 4.16. The largest absolute Gasteiger partial charge is 0.494 e. The van der Waals surface area contributed by atoms with E-state index in [0.29, 0.717) is 22.4 Å². The number of rotatable bonds is 3. The summed E-state index contributed by atoms with van der Waals surface area (Å²) in [7, 11) is 2.45. The molecule has 3 aromatic rings. The molecule has 0 radical (unpaired) electrons. The van der Waals surface area contributed by atoms with E-state index >= 15 is 0 Å². The van der Waals surface area contributed by atoms with Gasteiger partial charge in [0.1, 0.15) is 22.9 Å². The maximum Gasteiger partial charge on any atom is 0.147 e. The number of aryl methyl sites for hydroxylation is 1. The number of benzene rings is 2. The van der Waals surface area contributed by atoms with E-state index in [9.17, 15) is 8.78 Å². The Bertz CT molecular complexity index is 914. The highest BCUT2D eigenvalue weighted by Gasteiger charge is 2.17. The van der Waals surface area contributed by atoms with Crippen LogP contribution in [0.2, 0.25) is 0 Å². The summed E-state index contributed by atoms with van der Waals surface area (Å²) in [6.07, 6.45) is 3.41. The van der Waals surface area contributed by atoms with Crippen LogP contribution >= 0.6 is 0 Å². The average Bonchev–Trinajstić information content (AvgIpc) is 2.86. The van der Waals surface area contributed by atoms with E-state index in [0.717, 1.165) is 5.39 Å². The van der Waals surface area contributed by atoms with Gasteiger partial charge in [0.25, 0.3) is 0 Å². The van der Waals surface area contributed by atoms with Crippen molar-refractivity contribution >= 4 is 31.5 Å². The van der Waals surface area contributed by atoms with Gasteiger partial charge in [-0.3, -0.25) is 4.68 Å². The third kappa shape index (κ3) is 2.74. The second-order valence-electron chi connectivity index (χ2n) is 5.10. The Balaban J connectivity index is 2.28. The van der Waals surface area contributed by atoms with Crippen LogP contribution in [0.4, 0.5) is 8.78 Å². The average molecular weight is 352 g/mol. The monoisotopic (exact) mass is 352 g/mol. The van der Waals surface area contributed by atoms with Gasteiger partial charge in [-0.25, -0.2) is 8.78 Å². The number of aromatic nitrogens is 2. The molecule has 1 unspecified atom stereocenters. The fraction of sp³-hybridized carbons (Fsp3) is 0.188. The number of hydrogen-bond acceptors (Lipinski definition) is 3. The standard InChI is InChI=1S/C16H14F2N2OS2/c1-20-8-11-10(4-5-14(21-2)15(11)19-20)9-6-12(17)16(23(3)22)13(18)7-9/h4-8H,1-3H3. The molecule has 0 aliphatic rings. The first-order valence-electron chi connectivity index (χ1n) is 6.75. The van der Waals surface area contributed by atoms with Crippen LogP contribution in [0.15, 0.2) is 35.4 Å². The SMILES string of the molecule is COc1ccc(-c2cc(F)c(S(C)=S)c(F)c2)c2cn(C)nc12. The van der Waals surface area contributed by atoms with Gasteiger partial charge in [-0.15, -0.1) is 0 Å². The number of fused-ring (bicyclic) bond motifs is 1. The third-order valence-electron chi connectivity index (χ3n) is 3.57. The van der Waals surface area contributed by atoms with E-state index in [4.69, 9.17) is 15.9 Å². The summed E-state index contributed by atoms with van der Waals surface area (Å²) >= 11 is 5.01. The smallest absolute Gasteiger partial charge is 0.147 e. The zero-order chi connectivity index (χ0) is 16.7. The summed E-state index contributed by atoms with van der Waals surface area (Å²) in [4.78, 5) is -0.0420. The molecule has 0 amide bonds. The molecular formula is C16H14F2N2OS2. The lowest BCUT2D eigenvalue weighted by Crippen LogP contribution is -1.98. The molecule has 1 heterocycles. The predicted molar refractivity (Wildman–Crippen MR) is 91.5 cm³/mol. The minimum Gasteiger partial charge on any atom is -0.494 e. The van der Waals surface area contributed by atoms with Crippen LogP contribution in [-0.4, -0.2) is 23.1 Å². The van der Waals surface area contributed by atoms with Crippen molar-refractivity contribution in [3.63, 3.8) is 0 Å². The highest BCUT2D eigenvalue weighted by Crippen LogP contribution is 2.35. The maximum absolute atomic E-state index is 14.3. The molecule has 0 aliphatic carbocycles. The number of methoxy groups -OCH3 is 1. The quantitative estimate of drug-likeness (QED) is 0.721. The summed E-state index contributed by atoms with van der Waals surface area (Å²) in [6.45, 7) is 0. The fourth-order valence-corrected chi connectivity index (χ4v) is 3.75. The third-order valence-corrected chi connectivity index (χ3v) is 5.04. The van der Waals surface area contributed by atoms with E-state index in [1.54, 1.807) is 43.4 Å². The topological polar surface area (TPSA) is 27.1 Å². The van der Waals surface area contributed by atoms with E-state index in [-0.39, 0.29) is 4.90 Å². The Morgan fingerprint density at radius 3 is 2.43 bits per heavy atom. The van der Waals surface area contributed by atoms with Crippen LogP contribution in [0.5, 0.6) is 5.75 Å². The van der Waals surface area contributed by atoms with Crippen molar-refractivity contribution in [1.82, 2.24) is 9.78 Å². The van der Waals surface area contributed by atoms with Crippen molar-refractivity contribution < 1.29 is 13.5 Å². The van der Waals surface area contributed by atoms with Gasteiger partial charge >= 0.3 is 0 Å². The molecule has 0 bridgehead atoms. The summed E-state index contributed by atoms with van der Waals surface area (Å²) in [5.41, 5.74) is 1.79. The van der Waals surface area contributed by atoms with Gasteiger partial charge in [0.15, 0.2) is 0 Å². The second kappa shape index (κ2) is 5.98. The number of ether oxygens (including phenoxy) is 1. The first kappa shape index (κ1) is 16.0. The minimum absolute atomic E-state index is 0.0420. The van der Waals surface area contributed by atoms with Crippen molar-refractivity contribution in [2.24, 2.45) is 7.05 Å². The van der Waals surface area contributed by atoms with Crippen molar-refractivity contribution in [2.75, 3.05) is 13.4 Å². The molecule has 23 heavy (non-hydrogen) atoms. The molecule has 2 aromatic carbocycles. The molecule has 0 aliphatic heterocycles. The lowest BCUT2D eigenvalue weighted by molar-refractivity contribution is 0.418. The maximum atomic E-state index is 14.3. The van der Waals surface area contributed by atoms with Crippen LogP contribution in [0, 0.1) is 11.6 Å². The molecule has 0 saturated carbocycles. The van der Waals surface area contributed by atoms with Gasteiger partial charge in [-0.05, 0) is 52.8 Å². The summed E-state index contributed by atoms with van der Waals surface area (Å²) < 4.78 is 35.4. The molecule has 0 N–H and O–H groups in total. The lowest BCUT2D eigenvalue weighted by atomic mass is 10.0. The Morgan fingerprint density at radius 1 is 1.22 bits per heavy atom. The van der Waals surface area contributed by atoms with Gasteiger partial charge in [0.2, 0.25) is 0 Å². The van der Waals surface area contributed by atoms with Crippen LogP contribution < -0.4 is 4.74 Å². The van der Waals surface area contributed by atoms with Crippen LogP contribution in [0.3, 0.4) is 0 Å². The molecule has 0 saturated heterocycles. The molecule has 3 nitrogen and oxygen atoms in total. The van der Waals surface area contributed by atoms with Gasteiger partial charge < -0.3 is 4.74 Å². The lowest BCUT2D eigenvalue weighted by Gasteiger charge is -2.10. The molecule has 1 aromatic heterocycles. The Hall–Kier alpha value is -1.86. The molecule has 120 valence electrons. The summed E-state index contributed by atoms with van der Waals surface area (Å²) in [5.74, 6) is -0.620. The molecular weight excluding hydrogens is 338 g/mol. The van der Waals surface area contributed by atoms with E-state index < -0.39 is 21.1 Å². The van der Waals surface area contributed by atoms with Crippen molar-refractivity contribution in [3.8, 4) is 16.9 Å². The normalized spacial score (nSPS) is 12.6. The zero-order valence-corrected chi connectivity index (χ0v) is 14.4. The second-order valence-corrected chi connectivity index (χ2v) is 7.92. The Labute approximate surface area is 139 Å². The molecule has 7 heteroatoms. The van der Waals surface area contributed by atoms with Gasteiger partial charge in [0, 0.05) is 18.6 Å². The number of nitrogens with zero attached hydrogens (tertiary/aromatic N) is 2. The highest BCUT2D eigenvalue weighted by molar-refractivity contribution is 8.28. The summed E-state index contributed by atoms with van der Waals surface area (Å²) in [6, 6.07) is 6.16. The predicted octanol–water partition coefficient (Wildman–Crippen LogP) is 3.60. The van der Waals surface area contributed by atoms with E-state index in [1.165, 1.54) is 12.1 Å². The molecule has 0 spiro atoms. The van der Waals surface area contributed by atoms with Crippen molar-refractivity contribution in [3.05, 3.63) is 42.1 Å². The van der Waals surface area contributed by atoms with Crippen LogP contribution in [0.1, 0.15) is 0 Å². The first-order chi connectivity index (χ1) is 10.9. The molecule has 0 fully saturated rings. The van der Waals surface area contributed by atoms with Crippen molar-refractivity contribution in [2.45, 2.75) is 4.90 Å². The van der Waals surface area contributed by atoms with Gasteiger partial charge in [-0.1, -0.05) is 9.45 Å². The zero-order valence-electron chi connectivity index (χ0n) is 12.8. The van der Waals surface area contributed by atoms with E-state index in [1.807, 2.05) is 0 Å².